The summed E-state index contributed by atoms with van der Waals surface area (Å²) in [6, 6.07) is 4.30. The summed E-state index contributed by atoms with van der Waals surface area (Å²) in [5.41, 5.74) is -0.988. The maximum absolute atomic E-state index is 12.8. The van der Waals surface area contributed by atoms with Crippen LogP contribution in [0.15, 0.2) is 34.0 Å². The van der Waals surface area contributed by atoms with Crippen LogP contribution in [-0.2, 0) is 6.54 Å². The minimum atomic E-state index is -1.01. The summed E-state index contributed by atoms with van der Waals surface area (Å²) in [5.74, 6) is -0.625. The third-order valence-electron chi connectivity index (χ3n) is 5.69. The number of amides is 1. The summed E-state index contributed by atoms with van der Waals surface area (Å²) in [7, 11) is 0. The van der Waals surface area contributed by atoms with Crippen LogP contribution < -0.4 is 16.6 Å². The highest BCUT2D eigenvalue weighted by Gasteiger charge is 2.33. The number of halogens is 1. The fraction of sp³-hybridized carbons (Fsp3) is 0.524. The third kappa shape index (κ3) is 5.23. The van der Waals surface area contributed by atoms with Gasteiger partial charge in [-0.3, -0.25) is 14.2 Å². The Kier molecular flexibility index (Phi) is 6.98. The average Bonchev–Trinajstić information content (AvgIpc) is 2.71. The highest BCUT2D eigenvalue weighted by molar-refractivity contribution is 6.33. The van der Waals surface area contributed by atoms with E-state index in [0.29, 0.717) is 0 Å². The highest BCUT2D eigenvalue weighted by atomic mass is 35.5. The van der Waals surface area contributed by atoms with Crippen molar-refractivity contribution in [2.24, 2.45) is 11.3 Å². The highest BCUT2D eigenvalue weighted by Crippen LogP contribution is 2.39. The summed E-state index contributed by atoms with van der Waals surface area (Å²) in [6.45, 7) is 3.73. The SMILES string of the molecule is CC1(C)CCCC(C(O)NC(=O)c2cc(-n3ncc(=O)n(CCO)c3=O)ccc2Cl)C1. The molecule has 0 saturated heterocycles. The zero-order valence-electron chi connectivity index (χ0n) is 17.5. The number of rotatable bonds is 6. The molecule has 1 aromatic heterocycles. The predicted molar refractivity (Wildman–Crippen MR) is 115 cm³/mol. The van der Waals surface area contributed by atoms with E-state index in [1.807, 2.05) is 0 Å². The molecular weight excluding hydrogens is 424 g/mol. The second kappa shape index (κ2) is 9.33. The van der Waals surface area contributed by atoms with E-state index in [2.05, 4.69) is 24.3 Å². The lowest BCUT2D eigenvalue weighted by molar-refractivity contribution is 0.0232. The van der Waals surface area contributed by atoms with E-state index in [1.54, 1.807) is 0 Å². The van der Waals surface area contributed by atoms with Gasteiger partial charge in [-0.25, -0.2) is 4.79 Å². The zero-order chi connectivity index (χ0) is 22.8. The zero-order valence-corrected chi connectivity index (χ0v) is 18.3. The monoisotopic (exact) mass is 450 g/mol. The number of aromatic nitrogens is 3. The maximum atomic E-state index is 12.8. The lowest BCUT2D eigenvalue weighted by atomic mass is 9.71. The number of aliphatic hydroxyl groups excluding tert-OH is 2. The normalized spacial score (nSPS) is 19.1. The lowest BCUT2D eigenvalue weighted by Gasteiger charge is -2.37. The van der Waals surface area contributed by atoms with Gasteiger partial charge in [0.25, 0.3) is 11.5 Å². The van der Waals surface area contributed by atoms with Crippen LogP contribution in [0.3, 0.4) is 0 Å². The van der Waals surface area contributed by atoms with Crippen LogP contribution in [0.4, 0.5) is 0 Å². The van der Waals surface area contributed by atoms with Gasteiger partial charge in [-0.05, 0) is 42.9 Å². The molecule has 2 aromatic rings. The van der Waals surface area contributed by atoms with Crippen LogP contribution in [0.5, 0.6) is 0 Å². The van der Waals surface area contributed by atoms with Crippen molar-refractivity contribution in [2.75, 3.05) is 6.61 Å². The van der Waals surface area contributed by atoms with Gasteiger partial charge >= 0.3 is 5.69 Å². The average molecular weight is 451 g/mol. The molecule has 0 radical (unpaired) electrons. The van der Waals surface area contributed by atoms with Gasteiger partial charge in [0, 0.05) is 5.92 Å². The van der Waals surface area contributed by atoms with Gasteiger partial charge in [0.15, 0.2) is 0 Å². The van der Waals surface area contributed by atoms with E-state index in [-0.39, 0.29) is 40.8 Å². The van der Waals surface area contributed by atoms with Crippen LogP contribution in [0.2, 0.25) is 5.02 Å². The second-order valence-electron chi connectivity index (χ2n) is 8.66. The Bertz CT molecular complexity index is 1080. The number of carbonyl (C=O) groups is 1. The Morgan fingerprint density at radius 1 is 1.39 bits per heavy atom. The molecule has 1 heterocycles. The molecule has 31 heavy (non-hydrogen) atoms. The Morgan fingerprint density at radius 3 is 2.81 bits per heavy atom. The van der Waals surface area contributed by atoms with Crippen LogP contribution in [0, 0.1) is 11.3 Å². The quantitative estimate of drug-likeness (QED) is 0.569. The molecular formula is C21H27ClN4O5. The van der Waals surface area contributed by atoms with E-state index in [0.717, 1.165) is 41.1 Å². The first-order valence-corrected chi connectivity index (χ1v) is 10.6. The molecule has 2 unspecified atom stereocenters. The van der Waals surface area contributed by atoms with Crippen molar-refractivity contribution < 1.29 is 15.0 Å². The van der Waals surface area contributed by atoms with E-state index >= 15 is 0 Å². The molecule has 9 nitrogen and oxygen atoms in total. The fourth-order valence-electron chi connectivity index (χ4n) is 4.09. The smallest absolute Gasteiger partial charge is 0.352 e. The Hall–Kier alpha value is -2.49. The number of nitrogens with zero attached hydrogens (tertiary/aromatic N) is 3. The molecule has 0 bridgehead atoms. The number of benzene rings is 1. The van der Waals surface area contributed by atoms with E-state index in [9.17, 15) is 19.5 Å². The van der Waals surface area contributed by atoms with Crippen molar-refractivity contribution in [3.05, 3.63) is 55.8 Å². The van der Waals surface area contributed by atoms with Gasteiger partial charge < -0.3 is 15.5 Å². The van der Waals surface area contributed by atoms with Gasteiger partial charge in [-0.2, -0.15) is 9.78 Å². The molecule has 1 aliphatic rings. The van der Waals surface area contributed by atoms with Crippen molar-refractivity contribution in [3.8, 4) is 5.69 Å². The molecule has 1 aromatic carbocycles. The number of carbonyl (C=O) groups excluding carboxylic acids is 1. The fourth-order valence-corrected chi connectivity index (χ4v) is 4.30. The van der Waals surface area contributed by atoms with Gasteiger partial charge in [0.1, 0.15) is 12.4 Å². The molecule has 0 spiro atoms. The summed E-state index contributed by atoms with van der Waals surface area (Å²) in [5, 5.41) is 26.3. The second-order valence-corrected chi connectivity index (χ2v) is 9.06. The first kappa shape index (κ1) is 23.2. The van der Waals surface area contributed by atoms with Crippen molar-refractivity contribution >= 4 is 17.5 Å². The maximum Gasteiger partial charge on any atom is 0.352 e. The third-order valence-corrected chi connectivity index (χ3v) is 6.02. The minimum Gasteiger partial charge on any atom is -0.395 e. The first-order valence-electron chi connectivity index (χ1n) is 10.2. The van der Waals surface area contributed by atoms with E-state index in [4.69, 9.17) is 16.7 Å². The molecule has 1 amide bonds. The molecule has 2 atom stereocenters. The summed E-state index contributed by atoms with van der Waals surface area (Å²) >= 11 is 6.20. The van der Waals surface area contributed by atoms with Crippen LogP contribution in [0.1, 0.15) is 49.9 Å². The van der Waals surface area contributed by atoms with Crippen LogP contribution in [-0.4, -0.2) is 43.3 Å². The first-order chi connectivity index (χ1) is 14.6. The Balaban J connectivity index is 1.86. The summed E-state index contributed by atoms with van der Waals surface area (Å²) in [4.78, 5) is 37.2. The predicted octanol–water partition coefficient (Wildman–Crippen LogP) is 1.30. The van der Waals surface area contributed by atoms with E-state index < -0.39 is 23.4 Å². The summed E-state index contributed by atoms with van der Waals surface area (Å²) < 4.78 is 1.79. The topological polar surface area (TPSA) is 126 Å². The molecule has 1 aliphatic carbocycles. The largest absolute Gasteiger partial charge is 0.395 e. The molecule has 10 heteroatoms. The molecule has 168 valence electrons. The molecule has 3 rings (SSSR count). The molecule has 1 saturated carbocycles. The number of nitrogens with one attached hydrogen (secondary N) is 1. The Morgan fingerprint density at radius 2 is 2.13 bits per heavy atom. The Labute approximate surface area is 184 Å². The standard InChI is InChI=1S/C21H27ClN4O5/c1-21(2)7-3-4-13(11-21)18(29)24-19(30)15-10-14(5-6-16(15)22)26-20(31)25(8-9-27)17(28)12-23-26/h5-6,10,12-13,18,27,29H,3-4,7-9,11H2,1-2H3,(H,24,30). The number of hydrogen-bond donors (Lipinski definition) is 3. The van der Waals surface area contributed by atoms with Crippen molar-refractivity contribution in [1.82, 2.24) is 19.7 Å². The lowest BCUT2D eigenvalue weighted by Crippen LogP contribution is -2.43. The van der Waals surface area contributed by atoms with Gasteiger partial charge in [-0.1, -0.05) is 31.9 Å². The number of hydrogen-bond acceptors (Lipinski definition) is 6. The van der Waals surface area contributed by atoms with Crippen molar-refractivity contribution in [3.63, 3.8) is 0 Å². The van der Waals surface area contributed by atoms with Crippen molar-refractivity contribution in [1.29, 1.82) is 0 Å². The van der Waals surface area contributed by atoms with E-state index in [1.165, 1.54) is 18.2 Å². The summed E-state index contributed by atoms with van der Waals surface area (Å²) in [6.07, 6.45) is 3.63. The molecule has 1 fully saturated rings. The minimum absolute atomic E-state index is 0.0546. The van der Waals surface area contributed by atoms with Crippen LogP contribution >= 0.6 is 11.6 Å². The van der Waals surface area contributed by atoms with Gasteiger partial charge in [0.05, 0.1) is 29.4 Å². The molecule has 3 N–H and O–H groups in total. The number of aliphatic hydroxyl groups is 2. The molecule has 0 aliphatic heterocycles. The van der Waals surface area contributed by atoms with Crippen LogP contribution in [0.25, 0.3) is 5.69 Å². The van der Waals surface area contributed by atoms with Crippen molar-refractivity contribution in [2.45, 2.75) is 52.3 Å². The van der Waals surface area contributed by atoms with Gasteiger partial charge in [-0.15, -0.1) is 0 Å². The van der Waals surface area contributed by atoms with Gasteiger partial charge in [0.2, 0.25) is 0 Å².